The van der Waals surface area contributed by atoms with Crippen molar-refractivity contribution in [1.82, 2.24) is 10.2 Å². The van der Waals surface area contributed by atoms with E-state index in [-0.39, 0.29) is 23.3 Å². The van der Waals surface area contributed by atoms with Crippen LogP contribution in [0.4, 0.5) is 5.69 Å². The second kappa shape index (κ2) is 13.1. The lowest BCUT2D eigenvalue weighted by molar-refractivity contribution is -0.139. The van der Waals surface area contributed by atoms with Gasteiger partial charge in [0, 0.05) is 17.6 Å². The summed E-state index contributed by atoms with van der Waals surface area (Å²) >= 11 is 3.38. The maximum atomic E-state index is 13.9. The average Bonchev–Trinajstić information content (AvgIpc) is 2.89. The number of halogens is 1. The maximum absolute atomic E-state index is 13.9. The molecule has 0 radical (unpaired) electrons. The van der Waals surface area contributed by atoms with E-state index in [0.717, 1.165) is 19.9 Å². The summed E-state index contributed by atoms with van der Waals surface area (Å²) in [6, 6.07) is 21.6. The van der Waals surface area contributed by atoms with Crippen LogP contribution < -0.4 is 9.62 Å². The summed E-state index contributed by atoms with van der Waals surface area (Å²) in [7, 11) is -4.07. The number of sulfonamides is 1. The lowest BCUT2D eigenvalue weighted by Gasteiger charge is -2.32. The molecule has 0 fully saturated rings. The molecule has 0 heterocycles. The quantitative estimate of drug-likeness (QED) is 0.330. The smallest absolute Gasteiger partial charge is 0.264 e. The van der Waals surface area contributed by atoms with E-state index >= 15 is 0 Å². The van der Waals surface area contributed by atoms with Crippen molar-refractivity contribution in [2.75, 3.05) is 17.4 Å². The summed E-state index contributed by atoms with van der Waals surface area (Å²) in [4.78, 5) is 28.4. The molecule has 3 aromatic carbocycles. The molecule has 2 amide bonds. The molecule has 3 aromatic rings. The lowest BCUT2D eigenvalue weighted by Crippen LogP contribution is -2.51. The highest BCUT2D eigenvalue weighted by Gasteiger charge is 2.32. The Hall–Kier alpha value is -3.17. The summed E-state index contributed by atoms with van der Waals surface area (Å²) in [5.74, 6) is -0.530. The van der Waals surface area contributed by atoms with Crippen molar-refractivity contribution >= 4 is 43.5 Å². The van der Waals surface area contributed by atoms with Gasteiger partial charge < -0.3 is 10.2 Å². The SMILES string of the molecule is Cc1cccc(CN(C(=O)CN(c2ccc(Br)cc2)S(=O)(=O)c2ccccc2)C(C)C(=O)NCC(C)C)c1. The zero-order valence-corrected chi connectivity index (χ0v) is 24.5. The molecule has 0 aliphatic rings. The van der Waals surface area contributed by atoms with Crippen molar-refractivity contribution in [3.05, 3.63) is 94.5 Å². The van der Waals surface area contributed by atoms with Crippen LogP contribution in [0.2, 0.25) is 0 Å². The van der Waals surface area contributed by atoms with Crippen molar-refractivity contribution in [3.8, 4) is 0 Å². The van der Waals surface area contributed by atoms with Crippen molar-refractivity contribution in [1.29, 1.82) is 0 Å². The lowest BCUT2D eigenvalue weighted by atomic mass is 10.1. The molecular formula is C29H34BrN3O4S. The number of carbonyl (C=O) groups is 2. The largest absolute Gasteiger partial charge is 0.354 e. The van der Waals surface area contributed by atoms with E-state index in [9.17, 15) is 18.0 Å². The van der Waals surface area contributed by atoms with Gasteiger partial charge in [-0.1, -0.05) is 77.8 Å². The molecular weight excluding hydrogens is 566 g/mol. The van der Waals surface area contributed by atoms with Crippen LogP contribution in [0.1, 0.15) is 31.9 Å². The molecule has 0 bridgehead atoms. The fourth-order valence-corrected chi connectivity index (χ4v) is 5.60. The topological polar surface area (TPSA) is 86.8 Å². The van der Waals surface area contributed by atoms with Crippen molar-refractivity contribution in [3.63, 3.8) is 0 Å². The van der Waals surface area contributed by atoms with Gasteiger partial charge in [0.2, 0.25) is 11.8 Å². The Kier molecular flexibility index (Phi) is 10.1. The Labute approximate surface area is 234 Å². The molecule has 0 aromatic heterocycles. The Balaban J connectivity index is 1.99. The standard InChI is InChI=1S/C29H34BrN3O4S/c1-21(2)18-31-29(35)23(4)32(19-24-10-8-9-22(3)17-24)28(34)20-33(26-15-13-25(30)14-16-26)38(36,37)27-11-6-5-7-12-27/h5-17,21,23H,18-20H2,1-4H3,(H,31,35). The average molecular weight is 601 g/mol. The molecule has 3 rings (SSSR count). The fourth-order valence-electron chi connectivity index (χ4n) is 3.90. The van der Waals surface area contributed by atoms with Gasteiger partial charge in [-0.2, -0.15) is 0 Å². The van der Waals surface area contributed by atoms with Gasteiger partial charge in [0.25, 0.3) is 10.0 Å². The second-order valence-corrected chi connectivity index (χ2v) is 12.4. The number of amides is 2. The van der Waals surface area contributed by atoms with E-state index in [0.29, 0.717) is 12.2 Å². The molecule has 1 unspecified atom stereocenters. The fraction of sp³-hybridized carbons (Fsp3) is 0.310. The van der Waals surface area contributed by atoms with Crippen LogP contribution in [0, 0.1) is 12.8 Å². The van der Waals surface area contributed by atoms with Crippen LogP contribution >= 0.6 is 15.9 Å². The third-order valence-electron chi connectivity index (χ3n) is 6.01. The predicted octanol–water partition coefficient (Wildman–Crippen LogP) is 5.14. The van der Waals surface area contributed by atoms with Gasteiger partial charge in [0.1, 0.15) is 12.6 Å². The molecule has 0 saturated carbocycles. The van der Waals surface area contributed by atoms with Gasteiger partial charge >= 0.3 is 0 Å². The highest BCUT2D eigenvalue weighted by atomic mass is 79.9. The van der Waals surface area contributed by atoms with Crippen LogP contribution in [0.5, 0.6) is 0 Å². The minimum atomic E-state index is -4.07. The number of carbonyl (C=O) groups excluding carboxylic acids is 2. The van der Waals surface area contributed by atoms with Crippen LogP contribution in [-0.4, -0.2) is 44.3 Å². The van der Waals surface area contributed by atoms with Crippen LogP contribution in [-0.2, 0) is 26.2 Å². The number of hydrogen-bond donors (Lipinski definition) is 1. The Bertz CT molecular complexity index is 1350. The van der Waals surface area contributed by atoms with E-state index in [4.69, 9.17) is 0 Å². The van der Waals surface area contributed by atoms with E-state index in [1.807, 2.05) is 45.0 Å². The molecule has 7 nitrogen and oxygen atoms in total. The number of nitrogens with zero attached hydrogens (tertiary/aromatic N) is 2. The number of rotatable bonds is 11. The molecule has 1 atom stereocenters. The first-order valence-electron chi connectivity index (χ1n) is 12.4. The number of aryl methyl sites for hydroxylation is 1. The molecule has 0 saturated heterocycles. The first-order chi connectivity index (χ1) is 18.0. The van der Waals surface area contributed by atoms with Gasteiger partial charge in [-0.15, -0.1) is 0 Å². The molecule has 0 aliphatic carbocycles. The van der Waals surface area contributed by atoms with Gasteiger partial charge in [-0.3, -0.25) is 13.9 Å². The van der Waals surface area contributed by atoms with Crippen LogP contribution in [0.15, 0.2) is 88.2 Å². The summed E-state index contributed by atoms with van der Waals surface area (Å²) in [5.41, 5.74) is 2.22. The third-order valence-corrected chi connectivity index (χ3v) is 8.33. The normalized spacial score (nSPS) is 12.2. The molecule has 0 aliphatic heterocycles. The van der Waals surface area contributed by atoms with Crippen molar-refractivity contribution in [2.24, 2.45) is 5.92 Å². The van der Waals surface area contributed by atoms with Crippen LogP contribution in [0.25, 0.3) is 0 Å². The molecule has 38 heavy (non-hydrogen) atoms. The molecule has 1 N–H and O–H groups in total. The van der Waals surface area contributed by atoms with E-state index < -0.39 is 28.5 Å². The van der Waals surface area contributed by atoms with Crippen molar-refractivity contribution in [2.45, 2.75) is 45.2 Å². The van der Waals surface area contributed by atoms with E-state index in [2.05, 4.69) is 21.2 Å². The second-order valence-electron chi connectivity index (χ2n) is 9.63. The molecule has 9 heteroatoms. The van der Waals surface area contributed by atoms with Gasteiger partial charge in [-0.25, -0.2) is 8.42 Å². The maximum Gasteiger partial charge on any atom is 0.264 e. The summed E-state index contributed by atoms with van der Waals surface area (Å²) in [6.45, 7) is 7.78. The highest BCUT2D eigenvalue weighted by Crippen LogP contribution is 2.26. The van der Waals surface area contributed by atoms with E-state index in [1.54, 1.807) is 49.4 Å². The summed E-state index contributed by atoms with van der Waals surface area (Å²) < 4.78 is 29.3. The number of anilines is 1. The first-order valence-corrected chi connectivity index (χ1v) is 14.7. The predicted molar refractivity (Wildman–Crippen MR) is 154 cm³/mol. The Morgan fingerprint density at radius 3 is 2.18 bits per heavy atom. The zero-order chi connectivity index (χ0) is 27.9. The minimum Gasteiger partial charge on any atom is -0.354 e. The van der Waals surface area contributed by atoms with E-state index in [1.165, 1.54) is 17.0 Å². The summed E-state index contributed by atoms with van der Waals surface area (Å²) in [6.07, 6.45) is 0. The minimum absolute atomic E-state index is 0.0728. The Morgan fingerprint density at radius 2 is 1.58 bits per heavy atom. The number of hydrogen-bond acceptors (Lipinski definition) is 4. The van der Waals surface area contributed by atoms with Gasteiger partial charge in [-0.05, 0) is 61.7 Å². The highest BCUT2D eigenvalue weighted by molar-refractivity contribution is 9.10. The first kappa shape index (κ1) is 29.4. The number of nitrogens with one attached hydrogen (secondary N) is 1. The van der Waals surface area contributed by atoms with Crippen LogP contribution in [0.3, 0.4) is 0 Å². The molecule has 202 valence electrons. The Morgan fingerprint density at radius 1 is 0.921 bits per heavy atom. The third kappa shape index (κ3) is 7.68. The molecule has 0 spiro atoms. The van der Waals surface area contributed by atoms with Gasteiger partial charge in [0.15, 0.2) is 0 Å². The van der Waals surface area contributed by atoms with Crippen molar-refractivity contribution < 1.29 is 18.0 Å². The number of benzene rings is 3. The summed E-state index contributed by atoms with van der Waals surface area (Å²) in [5, 5.41) is 2.89. The monoisotopic (exact) mass is 599 g/mol. The van der Waals surface area contributed by atoms with Gasteiger partial charge in [0.05, 0.1) is 10.6 Å². The zero-order valence-electron chi connectivity index (χ0n) is 22.1.